The van der Waals surface area contributed by atoms with E-state index in [0.29, 0.717) is 43.0 Å². The van der Waals surface area contributed by atoms with Crippen molar-refractivity contribution in [3.8, 4) is 0 Å². The summed E-state index contributed by atoms with van der Waals surface area (Å²) in [5.41, 5.74) is 2.48. The Labute approximate surface area is 252 Å². The number of aromatic nitrogens is 5. The molecule has 2 aromatic carbocycles. The Hall–Kier alpha value is -4.01. The van der Waals surface area contributed by atoms with E-state index in [0.717, 1.165) is 23.9 Å². The van der Waals surface area contributed by atoms with Crippen molar-refractivity contribution < 1.29 is 9.59 Å². The number of amides is 2. The van der Waals surface area contributed by atoms with Crippen LogP contribution in [0.5, 0.6) is 0 Å². The van der Waals surface area contributed by atoms with E-state index in [1.54, 1.807) is 0 Å². The van der Waals surface area contributed by atoms with E-state index in [2.05, 4.69) is 74.0 Å². The number of benzene rings is 2. The first-order valence-electron chi connectivity index (χ1n) is 15.7. The molecule has 4 bridgehead atoms. The number of aryl methyl sites for hydroxylation is 1. The highest BCUT2D eigenvalue weighted by Crippen LogP contribution is 2.66. The zero-order valence-corrected chi connectivity index (χ0v) is 24.7. The van der Waals surface area contributed by atoms with Crippen molar-refractivity contribution in [2.45, 2.75) is 64.3 Å². The lowest BCUT2D eigenvalue weighted by Crippen LogP contribution is -2.60. The number of tetrazole rings is 1. The monoisotopic (exact) mass is 578 g/mol. The van der Waals surface area contributed by atoms with Gasteiger partial charge in [0.2, 0.25) is 11.8 Å². The van der Waals surface area contributed by atoms with Gasteiger partial charge in [-0.2, -0.15) is 0 Å². The van der Waals surface area contributed by atoms with Gasteiger partial charge < -0.3 is 15.6 Å². The standard InChI is InChI=1S/C34H40N7O2/c1-33(19-26-20-35-28-10-6-5-9-27(26)28,34-16-22-13-23(17-34)15-24(14-22)18-34)32(43)36-21-29(25-7-3-2-4-8-25)37-31(42)12-11-30-38-40-41-39-30/h2-10,16,20,22-24,29,35H,11-15,17-19,21H2,1H3,(H,36,43)(H,37,42)(H,38,39,40,41). The fourth-order valence-electron chi connectivity index (χ4n) is 8.67. The molecule has 43 heavy (non-hydrogen) atoms. The number of nitrogens with zero attached hydrogens (tertiary/aromatic N) is 3. The van der Waals surface area contributed by atoms with E-state index in [9.17, 15) is 9.59 Å². The number of para-hydroxylation sites is 1. The van der Waals surface area contributed by atoms with E-state index < -0.39 is 5.41 Å². The maximum Gasteiger partial charge on any atom is 0.226 e. The van der Waals surface area contributed by atoms with Crippen LogP contribution >= 0.6 is 0 Å². The zero-order chi connectivity index (χ0) is 29.4. The minimum absolute atomic E-state index is 0.0684. The van der Waals surface area contributed by atoms with Crippen LogP contribution in [0.15, 0.2) is 60.8 Å². The number of nitrogens with one attached hydrogen (secondary N) is 4. The van der Waals surface area contributed by atoms with Crippen LogP contribution in [0.2, 0.25) is 0 Å². The zero-order valence-electron chi connectivity index (χ0n) is 24.7. The van der Waals surface area contributed by atoms with Crippen molar-refractivity contribution in [2.75, 3.05) is 6.54 Å². The van der Waals surface area contributed by atoms with Gasteiger partial charge in [-0.05, 0) is 103 Å². The van der Waals surface area contributed by atoms with E-state index in [1.807, 2.05) is 36.4 Å². The summed E-state index contributed by atoms with van der Waals surface area (Å²) in [5.74, 6) is 2.54. The second kappa shape index (κ2) is 11.2. The van der Waals surface area contributed by atoms with Crippen LogP contribution in [-0.2, 0) is 22.4 Å². The average Bonchev–Trinajstić information content (AvgIpc) is 3.68. The minimum atomic E-state index is -0.626. The summed E-state index contributed by atoms with van der Waals surface area (Å²) < 4.78 is 0. The van der Waals surface area contributed by atoms with E-state index in [1.165, 1.54) is 30.2 Å². The van der Waals surface area contributed by atoms with E-state index in [4.69, 9.17) is 0 Å². The van der Waals surface area contributed by atoms with Gasteiger partial charge in [0.25, 0.3) is 0 Å². The number of hydrogen-bond donors (Lipinski definition) is 4. The molecule has 0 saturated heterocycles. The van der Waals surface area contributed by atoms with Crippen LogP contribution in [0.3, 0.4) is 0 Å². The lowest BCUT2D eigenvalue weighted by Gasteiger charge is -2.62. The lowest BCUT2D eigenvalue weighted by atomic mass is 9.42. The highest BCUT2D eigenvalue weighted by atomic mass is 16.2. The molecular weight excluding hydrogens is 538 g/mol. The van der Waals surface area contributed by atoms with Crippen LogP contribution in [-0.4, -0.2) is 44.0 Å². The van der Waals surface area contributed by atoms with Crippen molar-refractivity contribution in [3.05, 3.63) is 84.2 Å². The van der Waals surface area contributed by atoms with Gasteiger partial charge in [0, 0.05) is 36.5 Å². The molecular formula is C34H40N7O2. The number of carbonyl (C=O) groups excluding carboxylic acids is 2. The summed E-state index contributed by atoms with van der Waals surface area (Å²) in [7, 11) is 0. The Kier molecular flexibility index (Phi) is 7.27. The predicted molar refractivity (Wildman–Crippen MR) is 163 cm³/mol. The Bertz CT molecular complexity index is 1550. The summed E-state index contributed by atoms with van der Waals surface area (Å²) in [4.78, 5) is 31.1. The number of hydrogen-bond acceptors (Lipinski definition) is 5. The summed E-state index contributed by atoms with van der Waals surface area (Å²) >= 11 is 0. The second-order valence-corrected chi connectivity index (χ2v) is 13.4. The van der Waals surface area contributed by atoms with Gasteiger partial charge in [0.15, 0.2) is 0 Å². The van der Waals surface area contributed by atoms with Gasteiger partial charge in [0.05, 0.1) is 11.5 Å². The number of fused-ring (bicyclic) bond motifs is 1. The van der Waals surface area contributed by atoms with Crippen molar-refractivity contribution in [1.82, 2.24) is 36.2 Å². The Balaban J connectivity index is 1.14. The number of rotatable bonds is 11. The second-order valence-electron chi connectivity index (χ2n) is 13.4. The first kappa shape index (κ1) is 27.8. The first-order valence-corrected chi connectivity index (χ1v) is 15.7. The van der Waals surface area contributed by atoms with Crippen LogP contribution in [0.1, 0.15) is 68.4 Å². The molecule has 4 aromatic rings. The smallest absolute Gasteiger partial charge is 0.226 e. The van der Waals surface area contributed by atoms with Gasteiger partial charge in [-0.25, -0.2) is 5.10 Å². The molecule has 9 nitrogen and oxygen atoms in total. The van der Waals surface area contributed by atoms with Gasteiger partial charge in [-0.3, -0.25) is 9.59 Å². The molecule has 1 radical (unpaired) electrons. The molecule has 8 rings (SSSR count). The fourth-order valence-corrected chi connectivity index (χ4v) is 8.67. The van der Waals surface area contributed by atoms with Crippen molar-refractivity contribution in [1.29, 1.82) is 0 Å². The highest BCUT2D eigenvalue weighted by molar-refractivity contribution is 5.87. The summed E-state index contributed by atoms with van der Waals surface area (Å²) in [5, 5.41) is 21.5. The molecule has 2 heterocycles. The summed E-state index contributed by atoms with van der Waals surface area (Å²) in [6.45, 7) is 2.52. The van der Waals surface area contributed by atoms with Crippen LogP contribution in [0.25, 0.3) is 10.9 Å². The molecule has 2 amide bonds. The molecule has 0 spiro atoms. The third-order valence-corrected chi connectivity index (χ3v) is 10.6. The Morgan fingerprint density at radius 3 is 2.56 bits per heavy atom. The topological polar surface area (TPSA) is 128 Å². The van der Waals surface area contributed by atoms with E-state index >= 15 is 0 Å². The van der Waals surface area contributed by atoms with E-state index in [-0.39, 0.29) is 29.7 Å². The number of H-pyrrole nitrogens is 2. The molecule has 4 atom stereocenters. The maximum absolute atomic E-state index is 14.7. The SMILES string of the molecule is CC(Cc1c[nH]c2ccccc12)(C(=O)NCC(NC(=O)CCc1nnn[nH]1)c1ccccc1)C12[CH]C3CC(CC(C3)C1)C2. The molecule has 0 aliphatic heterocycles. The number of aromatic amines is 2. The predicted octanol–water partition coefficient (Wildman–Crippen LogP) is 4.87. The molecule has 2 aromatic heterocycles. The highest BCUT2D eigenvalue weighted by Gasteiger charge is 2.61. The third kappa shape index (κ3) is 5.34. The maximum atomic E-state index is 14.7. The summed E-state index contributed by atoms with van der Waals surface area (Å²) in [6.07, 6.45) is 12.0. The van der Waals surface area contributed by atoms with Gasteiger partial charge in [-0.1, -0.05) is 48.5 Å². The van der Waals surface area contributed by atoms with Crippen LogP contribution in [0.4, 0.5) is 0 Å². The molecule has 4 saturated carbocycles. The molecule has 223 valence electrons. The van der Waals surface area contributed by atoms with Crippen molar-refractivity contribution in [3.63, 3.8) is 0 Å². The molecule has 4 N–H and O–H groups in total. The molecule has 9 heteroatoms. The Morgan fingerprint density at radius 1 is 1.05 bits per heavy atom. The Morgan fingerprint density at radius 2 is 1.81 bits per heavy atom. The van der Waals surface area contributed by atoms with Crippen LogP contribution in [0, 0.1) is 35.0 Å². The van der Waals surface area contributed by atoms with Crippen LogP contribution < -0.4 is 10.6 Å². The normalized spacial score (nSPS) is 26.2. The number of carbonyl (C=O) groups is 2. The summed E-state index contributed by atoms with van der Waals surface area (Å²) in [6, 6.07) is 17.9. The van der Waals surface area contributed by atoms with Gasteiger partial charge in [-0.15, -0.1) is 5.10 Å². The first-order chi connectivity index (χ1) is 20.9. The largest absolute Gasteiger partial charge is 0.361 e. The average molecular weight is 579 g/mol. The molecule has 4 unspecified atom stereocenters. The van der Waals surface area contributed by atoms with Crippen molar-refractivity contribution in [2.24, 2.45) is 28.6 Å². The quantitative estimate of drug-likeness (QED) is 0.202. The minimum Gasteiger partial charge on any atom is -0.361 e. The fraction of sp³-hybridized carbons (Fsp3) is 0.471. The molecule has 4 aliphatic carbocycles. The molecule has 4 aliphatic rings. The third-order valence-electron chi connectivity index (χ3n) is 10.6. The van der Waals surface area contributed by atoms with Gasteiger partial charge in [0.1, 0.15) is 5.82 Å². The van der Waals surface area contributed by atoms with Gasteiger partial charge >= 0.3 is 0 Å². The molecule has 4 fully saturated rings. The van der Waals surface area contributed by atoms with Crippen molar-refractivity contribution >= 4 is 22.7 Å². The lowest BCUT2D eigenvalue weighted by molar-refractivity contribution is -0.148.